The average Bonchev–Trinajstić information content (AvgIpc) is 2.28. The maximum atomic E-state index is 6.20. The van der Waals surface area contributed by atoms with Gasteiger partial charge in [-0.1, -0.05) is 70.4 Å². The van der Waals surface area contributed by atoms with E-state index in [0.717, 1.165) is 5.02 Å². The van der Waals surface area contributed by atoms with E-state index in [-0.39, 0.29) is 0 Å². The molecular formula is C13H12Cl2Si. The third-order valence-corrected chi connectivity index (χ3v) is 5.90. The van der Waals surface area contributed by atoms with Crippen LogP contribution in [-0.2, 0) is 0 Å². The lowest BCUT2D eigenvalue weighted by Crippen LogP contribution is -2.29. The van der Waals surface area contributed by atoms with Crippen molar-refractivity contribution < 1.29 is 0 Å². The molecule has 0 radical (unpaired) electrons. The molecule has 0 heterocycles. The Hall–Kier alpha value is -0.763. The molecule has 0 aliphatic rings. The zero-order valence-corrected chi connectivity index (χ0v) is 11.9. The topological polar surface area (TPSA) is 0 Å². The third kappa shape index (κ3) is 2.49. The second-order valence-corrected chi connectivity index (χ2v) is 6.48. The molecule has 2 aromatic rings. The zero-order chi connectivity index (χ0) is 11.5. The first kappa shape index (κ1) is 11.7. The van der Waals surface area contributed by atoms with Crippen LogP contribution < -0.4 is 10.4 Å². The summed E-state index contributed by atoms with van der Waals surface area (Å²) in [6, 6.07) is 14.3. The molecule has 0 aliphatic carbocycles. The number of benzene rings is 2. The highest BCUT2D eigenvalue weighted by Crippen LogP contribution is 2.18. The molecule has 0 nitrogen and oxygen atoms in total. The van der Waals surface area contributed by atoms with Gasteiger partial charge in [0.2, 0.25) is 0 Å². The summed E-state index contributed by atoms with van der Waals surface area (Å²) in [5.41, 5.74) is 1.34. The lowest BCUT2D eigenvalue weighted by atomic mass is 10.2. The first-order valence-corrected chi connectivity index (χ1v) is 7.33. The van der Waals surface area contributed by atoms with Gasteiger partial charge in [-0.15, -0.1) is 0 Å². The monoisotopic (exact) mass is 266 g/mol. The van der Waals surface area contributed by atoms with E-state index in [4.69, 9.17) is 23.2 Å². The summed E-state index contributed by atoms with van der Waals surface area (Å²) in [5.74, 6) is 0. The molecule has 0 fully saturated rings. The number of rotatable bonds is 2. The number of hydrogen-bond donors (Lipinski definition) is 0. The van der Waals surface area contributed by atoms with Gasteiger partial charge >= 0.3 is 0 Å². The first-order chi connectivity index (χ1) is 7.68. The van der Waals surface area contributed by atoms with Crippen molar-refractivity contribution in [2.75, 3.05) is 0 Å². The quantitative estimate of drug-likeness (QED) is 0.733. The molecule has 0 saturated heterocycles. The second-order valence-electron chi connectivity index (χ2n) is 3.82. The fraction of sp³-hybridized carbons (Fsp3) is 0.0769. The minimum Gasteiger partial charge on any atom is -0.0829 e. The summed E-state index contributed by atoms with van der Waals surface area (Å²) in [6.07, 6.45) is 0. The van der Waals surface area contributed by atoms with Gasteiger partial charge < -0.3 is 0 Å². The van der Waals surface area contributed by atoms with Crippen LogP contribution in [0, 0.1) is 6.92 Å². The van der Waals surface area contributed by atoms with Crippen molar-refractivity contribution >= 4 is 43.1 Å². The molecule has 0 atom stereocenters. The van der Waals surface area contributed by atoms with Gasteiger partial charge in [-0.05, 0) is 18.2 Å². The zero-order valence-electron chi connectivity index (χ0n) is 9.00. The predicted molar refractivity (Wildman–Crippen MR) is 75.5 cm³/mol. The van der Waals surface area contributed by atoms with Crippen LogP contribution in [0.15, 0.2) is 42.5 Å². The minimum atomic E-state index is -0.530. The minimum absolute atomic E-state index is 0.530. The van der Waals surface area contributed by atoms with Crippen molar-refractivity contribution in [2.24, 2.45) is 0 Å². The van der Waals surface area contributed by atoms with Crippen LogP contribution in [0.3, 0.4) is 0 Å². The van der Waals surface area contributed by atoms with Crippen molar-refractivity contribution in [1.29, 1.82) is 0 Å². The van der Waals surface area contributed by atoms with Gasteiger partial charge in [-0.2, -0.15) is 0 Å². The van der Waals surface area contributed by atoms with E-state index < -0.39 is 9.52 Å². The highest BCUT2D eigenvalue weighted by atomic mass is 35.5. The van der Waals surface area contributed by atoms with Gasteiger partial charge in [0.15, 0.2) is 0 Å². The molecule has 0 spiro atoms. The Labute approximate surface area is 108 Å². The van der Waals surface area contributed by atoms with Crippen molar-refractivity contribution in [3.8, 4) is 0 Å². The van der Waals surface area contributed by atoms with Gasteiger partial charge in [0.05, 0.1) is 19.6 Å². The highest BCUT2D eigenvalue weighted by Gasteiger charge is 2.06. The molecule has 0 aromatic heterocycles. The SMILES string of the molecule is Cc1ccccc1[SiH2]c1cccc(Cl)c1Cl. The summed E-state index contributed by atoms with van der Waals surface area (Å²) in [5, 5.41) is 4.01. The number of hydrogen-bond acceptors (Lipinski definition) is 0. The molecule has 0 aliphatic heterocycles. The Balaban J connectivity index is 2.35. The van der Waals surface area contributed by atoms with E-state index in [9.17, 15) is 0 Å². The van der Waals surface area contributed by atoms with E-state index in [1.54, 1.807) is 0 Å². The molecule has 0 bridgehead atoms. The van der Waals surface area contributed by atoms with Gasteiger partial charge in [0, 0.05) is 0 Å². The van der Waals surface area contributed by atoms with Gasteiger partial charge in [-0.25, -0.2) is 0 Å². The summed E-state index contributed by atoms with van der Waals surface area (Å²) in [4.78, 5) is 0. The molecule has 2 aromatic carbocycles. The number of aryl methyl sites for hydroxylation is 1. The Kier molecular flexibility index (Phi) is 3.69. The van der Waals surface area contributed by atoms with Crippen LogP contribution in [0.1, 0.15) is 5.56 Å². The fourth-order valence-corrected chi connectivity index (χ4v) is 3.99. The van der Waals surface area contributed by atoms with E-state index >= 15 is 0 Å². The Morgan fingerprint density at radius 2 is 1.56 bits per heavy atom. The predicted octanol–water partition coefficient (Wildman–Crippen LogP) is 2.42. The normalized spacial score (nSPS) is 11.2. The van der Waals surface area contributed by atoms with Gasteiger partial charge in [0.1, 0.15) is 0 Å². The van der Waals surface area contributed by atoms with E-state index in [2.05, 4.69) is 37.3 Å². The third-order valence-electron chi connectivity index (χ3n) is 2.67. The molecule has 0 amide bonds. The maximum absolute atomic E-state index is 6.20. The summed E-state index contributed by atoms with van der Waals surface area (Å²) in [7, 11) is -0.530. The van der Waals surface area contributed by atoms with Crippen molar-refractivity contribution in [3.05, 3.63) is 58.1 Å². The van der Waals surface area contributed by atoms with Crippen LogP contribution >= 0.6 is 23.2 Å². The Morgan fingerprint density at radius 1 is 0.875 bits per heavy atom. The molecule has 0 unspecified atom stereocenters. The molecular weight excluding hydrogens is 255 g/mol. The van der Waals surface area contributed by atoms with E-state index in [0.29, 0.717) is 5.02 Å². The van der Waals surface area contributed by atoms with Crippen molar-refractivity contribution in [3.63, 3.8) is 0 Å². The van der Waals surface area contributed by atoms with Crippen LogP contribution in [-0.4, -0.2) is 9.52 Å². The second kappa shape index (κ2) is 5.04. The molecule has 2 rings (SSSR count). The fourth-order valence-electron chi connectivity index (χ4n) is 1.70. The van der Waals surface area contributed by atoms with Crippen LogP contribution in [0.25, 0.3) is 0 Å². The number of halogens is 2. The van der Waals surface area contributed by atoms with Crippen LogP contribution in [0.2, 0.25) is 10.0 Å². The van der Waals surface area contributed by atoms with Crippen molar-refractivity contribution in [1.82, 2.24) is 0 Å². The summed E-state index contributed by atoms with van der Waals surface area (Å²) in [6.45, 7) is 2.14. The smallest absolute Gasteiger partial charge is 0.0829 e. The lowest BCUT2D eigenvalue weighted by Gasteiger charge is -2.07. The van der Waals surface area contributed by atoms with E-state index in [1.807, 2.05) is 12.1 Å². The largest absolute Gasteiger partial charge is 0.0898 e. The molecule has 82 valence electrons. The molecule has 3 heteroatoms. The Bertz CT molecular complexity index is 509. The van der Waals surface area contributed by atoms with Gasteiger partial charge in [-0.3, -0.25) is 0 Å². The lowest BCUT2D eigenvalue weighted by molar-refractivity contribution is 1.51. The molecule has 0 N–H and O–H groups in total. The summed E-state index contributed by atoms with van der Waals surface area (Å²) >= 11 is 12.2. The maximum Gasteiger partial charge on any atom is 0.0898 e. The summed E-state index contributed by atoms with van der Waals surface area (Å²) < 4.78 is 0. The highest BCUT2D eigenvalue weighted by molar-refractivity contribution is 6.71. The Morgan fingerprint density at radius 3 is 2.31 bits per heavy atom. The van der Waals surface area contributed by atoms with Crippen LogP contribution in [0.4, 0.5) is 0 Å². The molecule has 16 heavy (non-hydrogen) atoms. The first-order valence-electron chi connectivity index (χ1n) is 5.16. The average molecular weight is 267 g/mol. The standard InChI is InChI=1S/C13H12Cl2Si/c1-9-5-2-3-7-11(9)16-12-8-4-6-10(14)13(12)15/h2-8H,16H2,1H3. The molecule has 0 saturated carbocycles. The van der Waals surface area contributed by atoms with Gasteiger partial charge in [0.25, 0.3) is 0 Å². The van der Waals surface area contributed by atoms with E-state index in [1.165, 1.54) is 15.9 Å². The van der Waals surface area contributed by atoms with Crippen LogP contribution in [0.5, 0.6) is 0 Å². The van der Waals surface area contributed by atoms with Crippen molar-refractivity contribution in [2.45, 2.75) is 6.92 Å².